The average molecular weight is 194 g/mol. The molecule has 0 aliphatic heterocycles. The summed E-state index contributed by atoms with van der Waals surface area (Å²) < 4.78 is 25.1. The summed E-state index contributed by atoms with van der Waals surface area (Å²) in [5.74, 6) is 0. The Bertz CT molecular complexity index is 105. The van der Waals surface area contributed by atoms with Gasteiger partial charge in [-0.25, -0.2) is 0 Å². The van der Waals surface area contributed by atoms with E-state index in [1.807, 2.05) is 0 Å². The van der Waals surface area contributed by atoms with Crippen LogP contribution in [0.5, 0.6) is 0 Å². The normalized spacial score (nSPS) is 13.6. The highest BCUT2D eigenvalue weighted by Crippen LogP contribution is 2.04. The molecule has 1 unspecified atom stereocenters. The Labute approximate surface area is 78.9 Å². The van der Waals surface area contributed by atoms with Gasteiger partial charge in [0.1, 0.15) is 0 Å². The van der Waals surface area contributed by atoms with Gasteiger partial charge in [0.15, 0.2) is 0 Å². The Balaban J connectivity index is 3.71. The Kier molecular flexibility index (Phi) is 8.27. The van der Waals surface area contributed by atoms with Crippen LogP contribution in [0.4, 0.5) is 0 Å². The summed E-state index contributed by atoms with van der Waals surface area (Å²) in [5.41, 5.74) is 0. The predicted octanol–water partition coefficient (Wildman–Crippen LogP) is 0.241. The molecule has 0 aromatic heterocycles. The third-order valence-corrected chi connectivity index (χ3v) is 1.49. The molecule has 1 atom stereocenters. The summed E-state index contributed by atoms with van der Waals surface area (Å²) in [6, 6.07) is 0. The molecule has 0 aliphatic rings. The van der Waals surface area contributed by atoms with Gasteiger partial charge in [-0.15, -0.1) is 0 Å². The molecule has 0 aromatic rings. The summed E-state index contributed by atoms with van der Waals surface area (Å²) in [4.78, 5) is 0. The van der Waals surface area contributed by atoms with E-state index in [9.17, 15) is 0 Å². The van der Waals surface area contributed by atoms with Gasteiger partial charge in [0.25, 0.3) is 0 Å². The molecular weight excluding hydrogens is 176 g/mol. The molecule has 13 heavy (non-hydrogen) atoms. The van der Waals surface area contributed by atoms with E-state index in [0.717, 1.165) is 0 Å². The summed E-state index contributed by atoms with van der Waals surface area (Å²) in [5, 5.41) is 0. The molecule has 0 heterocycles. The molecule has 80 valence electrons. The van der Waals surface area contributed by atoms with Crippen molar-refractivity contribution in [3.63, 3.8) is 0 Å². The number of hydrogen-bond donors (Lipinski definition) is 0. The van der Waals surface area contributed by atoms with Crippen LogP contribution in [0.2, 0.25) is 0 Å². The van der Waals surface area contributed by atoms with Crippen LogP contribution in [0.15, 0.2) is 0 Å². The molecule has 0 aliphatic carbocycles. The molecule has 0 saturated carbocycles. The lowest BCUT2D eigenvalue weighted by molar-refractivity contribution is -0.264. The number of hydrogen-bond acceptors (Lipinski definition) is 5. The highest BCUT2D eigenvalue weighted by Gasteiger charge is 2.20. The van der Waals surface area contributed by atoms with Gasteiger partial charge in [0, 0.05) is 28.4 Å². The fraction of sp³-hybridized carbons (Fsp3) is 1.00. The Hall–Kier alpha value is -0.200. The fourth-order valence-corrected chi connectivity index (χ4v) is 0.824. The topological polar surface area (TPSA) is 46.2 Å². The summed E-state index contributed by atoms with van der Waals surface area (Å²) >= 11 is 0. The van der Waals surface area contributed by atoms with Crippen LogP contribution in [-0.2, 0) is 23.7 Å². The highest BCUT2D eigenvalue weighted by molar-refractivity contribution is 4.48. The van der Waals surface area contributed by atoms with Gasteiger partial charge in [-0.2, -0.15) is 0 Å². The van der Waals surface area contributed by atoms with Crippen LogP contribution in [0.25, 0.3) is 0 Å². The van der Waals surface area contributed by atoms with E-state index in [0.29, 0.717) is 13.2 Å². The predicted molar refractivity (Wildman–Crippen MR) is 46.4 cm³/mol. The third kappa shape index (κ3) is 5.17. The zero-order chi connectivity index (χ0) is 10.1. The minimum atomic E-state index is -0.523. The lowest BCUT2D eigenvalue weighted by Crippen LogP contribution is -2.34. The second-order valence-corrected chi connectivity index (χ2v) is 2.31. The second kappa shape index (κ2) is 8.40. The molecule has 5 nitrogen and oxygen atoms in total. The van der Waals surface area contributed by atoms with Crippen LogP contribution >= 0.6 is 0 Å². The smallest absolute Gasteiger partial charge is 0.209 e. The summed E-state index contributed by atoms with van der Waals surface area (Å²) in [6.45, 7) is 0.957. The minimum Gasteiger partial charge on any atom is -0.382 e. The van der Waals surface area contributed by atoms with Gasteiger partial charge in [-0.05, 0) is 0 Å². The molecule has 0 bridgehead atoms. The largest absolute Gasteiger partial charge is 0.382 e. The molecule has 0 rings (SSSR count). The van der Waals surface area contributed by atoms with E-state index in [1.54, 1.807) is 7.11 Å². The number of methoxy groups -OCH3 is 4. The Morgan fingerprint density at radius 1 is 0.769 bits per heavy atom. The van der Waals surface area contributed by atoms with Gasteiger partial charge in [-0.1, -0.05) is 0 Å². The molecule has 0 N–H and O–H groups in total. The SMILES string of the molecule is COCCOC(OC)C(OC)OC. The van der Waals surface area contributed by atoms with E-state index >= 15 is 0 Å². The minimum absolute atomic E-state index is 0.443. The van der Waals surface area contributed by atoms with E-state index in [-0.39, 0.29) is 0 Å². The molecule has 0 spiro atoms. The first-order valence-electron chi connectivity index (χ1n) is 3.99. The number of rotatable bonds is 8. The lowest BCUT2D eigenvalue weighted by Gasteiger charge is -2.23. The van der Waals surface area contributed by atoms with E-state index in [4.69, 9.17) is 23.7 Å². The van der Waals surface area contributed by atoms with E-state index in [1.165, 1.54) is 21.3 Å². The van der Waals surface area contributed by atoms with Crippen LogP contribution < -0.4 is 0 Å². The molecule has 0 fully saturated rings. The fourth-order valence-electron chi connectivity index (χ4n) is 0.824. The standard InChI is InChI=1S/C8H18O5/c1-9-5-6-13-8(12-4)7(10-2)11-3/h7-8H,5-6H2,1-4H3. The summed E-state index contributed by atoms with van der Waals surface area (Å²) in [7, 11) is 6.19. The summed E-state index contributed by atoms with van der Waals surface area (Å²) in [6.07, 6.45) is -1.04. The second-order valence-electron chi connectivity index (χ2n) is 2.31. The van der Waals surface area contributed by atoms with Crippen LogP contribution in [0, 0.1) is 0 Å². The maximum absolute atomic E-state index is 5.28. The zero-order valence-electron chi connectivity index (χ0n) is 8.61. The Morgan fingerprint density at radius 2 is 1.31 bits per heavy atom. The monoisotopic (exact) mass is 194 g/mol. The Morgan fingerprint density at radius 3 is 1.69 bits per heavy atom. The maximum Gasteiger partial charge on any atom is 0.209 e. The van der Waals surface area contributed by atoms with Gasteiger partial charge in [-0.3, -0.25) is 0 Å². The molecule has 0 aromatic carbocycles. The van der Waals surface area contributed by atoms with Crippen LogP contribution in [-0.4, -0.2) is 54.2 Å². The highest BCUT2D eigenvalue weighted by atomic mass is 16.8. The van der Waals surface area contributed by atoms with Gasteiger partial charge < -0.3 is 23.7 Å². The van der Waals surface area contributed by atoms with Crippen LogP contribution in [0.1, 0.15) is 0 Å². The van der Waals surface area contributed by atoms with Gasteiger partial charge in [0.2, 0.25) is 12.6 Å². The molecule has 0 saturated heterocycles. The molecular formula is C8H18O5. The van der Waals surface area contributed by atoms with Crippen molar-refractivity contribution in [2.75, 3.05) is 41.7 Å². The van der Waals surface area contributed by atoms with Crippen molar-refractivity contribution in [2.45, 2.75) is 12.6 Å². The van der Waals surface area contributed by atoms with Crippen molar-refractivity contribution >= 4 is 0 Å². The first-order chi connectivity index (χ1) is 6.29. The van der Waals surface area contributed by atoms with Crippen molar-refractivity contribution in [3.05, 3.63) is 0 Å². The van der Waals surface area contributed by atoms with Crippen molar-refractivity contribution in [1.29, 1.82) is 0 Å². The lowest BCUT2D eigenvalue weighted by atomic mass is 10.6. The average Bonchev–Trinajstić information content (AvgIpc) is 2.17. The van der Waals surface area contributed by atoms with Crippen LogP contribution in [0.3, 0.4) is 0 Å². The molecule has 0 radical (unpaired) electrons. The van der Waals surface area contributed by atoms with Crippen molar-refractivity contribution < 1.29 is 23.7 Å². The first kappa shape index (κ1) is 12.8. The van der Waals surface area contributed by atoms with Gasteiger partial charge in [0.05, 0.1) is 13.2 Å². The van der Waals surface area contributed by atoms with Crippen molar-refractivity contribution in [3.8, 4) is 0 Å². The maximum atomic E-state index is 5.28. The van der Waals surface area contributed by atoms with E-state index in [2.05, 4.69) is 0 Å². The molecule has 5 heteroatoms. The third-order valence-electron chi connectivity index (χ3n) is 1.49. The first-order valence-corrected chi connectivity index (χ1v) is 3.99. The quantitative estimate of drug-likeness (QED) is 0.409. The zero-order valence-corrected chi connectivity index (χ0v) is 8.61. The molecule has 0 amide bonds. The van der Waals surface area contributed by atoms with Crippen molar-refractivity contribution in [1.82, 2.24) is 0 Å². The van der Waals surface area contributed by atoms with E-state index < -0.39 is 12.6 Å². The van der Waals surface area contributed by atoms with Gasteiger partial charge >= 0.3 is 0 Å². The van der Waals surface area contributed by atoms with Crippen molar-refractivity contribution in [2.24, 2.45) is 0 Å². The number of ether oxygens (including phenoxy) is 5.